The van der Waals surface area contributed by atoms with E-state index in [0.717, 1.165) is 89.0 Å². The van der Waals surface area contributed by atoms with Gasteiger partial charge in [-0.05, 0) is 95.1 Å². The fourth-order valence-electron chi connectivity index (χ4n) is 8.14. The standard InChI is InChI=1S/C55H32N6/c56-33-36-18-22-39(23-19-36)47-30-45(51-32-50(41-11-3-1-4-12-41)59-55(60-51)42-13-5-2-6-14-42)31-48(40-24-20-37(34-57)21-25-40)54(47)61-52-17-8-7-16-46(52)49-29-44(26-27-53(49)61)43-15-9-10-38(28-43)35-58/h1-32H. The molecule has 0 saturated heterocycles. The van der Waals surface area contributed by atoms with Gasteiger partial charge in [0.2, 0.25) is 0 Å². The molecule has 0 aliphatic heterocycles. The lowest BCUT2D eigenvalue weighted by molar-refractivity contribution is 1.17. The van der Waals surface area contributed by atoms with Crippen LogP contribution in [-0.4, -0.2) is 14.5 Å². The quantitative estimate of drug-likeness (QED) is 0.160. The Morgan fingerprint density at radius 1 is 0.344 bits per heavy atom. The number of para-hydroxylation sites is 1. The van der Waals surface area contributed by atoms with Gasteiger partial charge < -0.3 is 4.57 Å². The second kappa shape index (κ2) is 15.5. The minimum atomic E-state index is 0.564. The number of nitrogens with zero attached hydrogens (tertiary/aromatic N) is 6. The zero-order valence-electron chi connectivity index (χ0n) is 32.7. The molecule has 0 bridgehead atoms. The van der Waals surface area contributed by atoms with Crippen LogP contribution in [0.25, 0.3) is 94.8 Å². The van der Waals surface area contributed by atoms with Crippen LogP contribution in [0.5, 0.6) is 0 Å². The van der Waals surface area contributed by atoms with E-state index in [-0.39, 0.29) is 0 Å². The van der Waals surface area contributed by atoms with E-state index in [4.69, 9.17) is 9.97 Å². The third-order valence-electron chi connectivity index (χ3n) is 11.1. The second-order valence-electron chi connectivity index (χ2n) is 14.8. The summed E-state index contributed by atoms with van der Waals surface area (Å²) in [5, 5.41) is 31.5. The first kappa shape index (κ1) is 36.5. The third-order valence-corrected chi connectivity index (χ3v) is 11.1. The van der Waals surface area contributed by atoms with E-state index in [1.807, 2.05) is 127 Å². The van der Waals surface area contributed by atoms with Crippen molar-refractivity contribution in [1.82, 2.24) is 14.5 Å². The molecule has 10 aromatic rings. The zero-order valence-corrected chi connectivity index (χ0v) is 32.7. The van der Waals surface area contributed by atoms with E-state index in [9.17, 15) is 15.8 Å². The first-order valence-electron chi connectivity index (χ1n) is 19.8. The van der Waals surface area contributed by atoms with Gasteiger partial charge in [0.15, 0.2) is 5.82 Å². The summed E-state index contributed by atoms with van der Waals surface area (Å²) in [6.45, 7) is 0. The van der Waals surface area contributed by atoms with Gasteiger partial charge in [0.25, 0.3) is 0 Å². The number of rotatable bonds is 7. The highest BCUT2D eigenvalue weighted by Crippen LogP contribution is 2.45. The average molecular weight is 777 g/mol. The summed E-state index contributed by atoms with van der Waals surface area (Å²) < 4.78 is 2.33. The Morgan fingerprint density at radius 2 is 0.852 bits per heavy atom. The fourth-order valence-corrected chi connectivity index (χ4v) is 8.14. The van der Waals surface area contributed by atoms with Gasteiger partial charge in [0.05, 0.1) is 63.0 Å². The van der Waals surface area contributed by atoms with Gasteiger partial charge in [-0.1, -0.05) is 121 Å². The summed E-state index contributed by atoms with van der Waals surface area (Å²) in [5.74, 6) is 0.611. The molecule has 0 aliphatic carbocycles. The van der Waals surface area contributed by atoms with E-state index in [0.29, 0.717) is 22.5 Å². The molecule has 0 atom stereocenters. The smallest absolute Gasteiger partial charge is 0.160 e. The topological polar surface area (TPSA) is 102 Å². The Labute approximate surface area is 352 Å². The van der Waals surface area contributed by atoms with Crippen molar-refractivity contribution in [3.8, 4) is 91.2 Å². The van der Waals surface area contributed by atoms with Crippen molar-refractivity contribution in [2.45, 2.75) is 0 Å². The molecule has 2 aromatic heterocycles. The second-order valence-corrected chi connectivity index (χ2v) is 14.8. The Bertz CT molecular complexity index is 3280. The maximum Gasteiger partial charge on any atom is 0.160 e. The third kappa shape index (κ3) is 6.75. The normalized spacial score (nSPS) is 10.9. The van der Waals surface area contributed by atoms with Crippen molar-refractivity contribution in [3.63, 3.8) is 0 Å². The minimum absolute atomic E-state index is 0.564. The monoisotopic (exact) mass is 776 g/mol. The summed E-state index contributed by atoms with van der Waals surface area (Å²) in [7, 11) is 0. The maximum atomic E-state index is 9.84. The average Bonchev–Trinajstić information content (AvgIpc) is 3.67. The molecular weight excluding hydrogens is 745 g/mol. The molecule has 0 unspecified atom stereocenters. The predicted octanol–water partition coefficient (Wildman–Crippen LogP) is 13.2. The minimum Gasteiger partial charge on any atom is -0.308 e. The van der Waals surface area contributed by atoms with E-state index in [2.05, 4.69) is 89.5 Å². The van der Waals surface area contributed by atoms with Crippen LogP contribution in [0.3, 0.4) is 0 Å². The molecule has 6 nitrogen and oxygen atoms in total. The van der Waals surface area contributed by atoms with Crippen LogP contribution in [0.15, 0.2) is 194 Å². The Hall–Kier alpha value is -8.89. The lowest BCUT2D eigenvalue weighted by atomic mass is 9.91. The van der Waals surface area contributed by atoms with Crippen molar-refractivity contribution in [2.75, 3.05) is 0 Å². The molecule has 0 fully saturated rings. The highest BCUT2D eigenvalue weighted by atomic mass is 15.0. The first-order valence-corrected chi connectivity index (χ1v) is 19.8. The van der Waals surface area contributed by atoms with Crippen molar-refractivity contribution < 1.29 is 0 Å². The number of benzene rings is 8. The van der Waals surface area contributed by atoms with Gasteiger partial charge in [-0.2, -0.15) is 15.8 Å². The molecule has 0 radical (unpaired) electrons. The van der Waals surface area contributed by atoms with Crippen molar-refractivity contribution in [2.24, 2.45) is 0 Å². The molecule has 0 amide bonds. The van der Waals surface area contributed by atoms with Crippen LogP contribution < -0.4 is 0 Å². The van der Waals surface area contributed by atoms with Gasteiger partial charge in [0, 0.05) is 38.6 Å². The largest absolute Gasteiger partial charge is 0.308 e. The lowest BCUT2D eigenvalue weighted by Crippen LogP contribution is -2.03. The number of fused-ring (bicyclic) bond motifs is 3. The first-order chi connectivity index (χ1) is 30.1. The molecule has 0 aliphatic rings. The van der Waals surface area contributed by atoms with Crippen LogP contribution in [0.4, 0.5) is 0 Å². The van der Waals surface area contributed by atoms with Crippen molar-refractivity contribution in [3.05, 3.63) is 211 Å². The van der Waals surface area contributed by atoms with Crippen LogP contribution in [-0.2, 0) is 0 Å². The molecule has 6 heteroatoms. The molecule has 0 spiro atoms. The number of hydrogen-bond acceptors (Lipinski definition) is 5. The summed E-state index contributed by atoms with van der Waals surface area (Å²) in [4.78, 5) is 10.3. The molecule has 0 N–H and O–H groups in total. The van der Waals surface area contributed by atoms with E-state index < -0.39 is 0 Å². The predicted molar refractivity (Wildman–Crippen MR) is 243 cm³/mol. The van der Waals surface area contributed by atoms with Gasteiger partial charge in [-0.25, -0.2) is 9.97 Å². The summed E-state index contributed by atoms with van der Waals surface area (Å²) >= 11 is 0. The van der Waals surface area contributed by atoms with Gasteiger partial charge in [-0.15, -0.1) is 0 Å². The van der Waals surface area contributed by atoms with E-state index in [1.54, 1.807) is 0 Å². The van der Waals surface area contributed by atoms with Crippen molar-refractivity contribution in [1.29, 1.82) is 15.8 Å². The molecule has 282 valence electrons. The molecule has 61 heavy (non-hydrogen) atoms. The number of nitriles is 3. The lowest BCUT2D eigenvalue weighted by Gasteiger charge is -2.21. The zero-order chi connectivity index (χ0) is 41.3. The molecule has 2 heterocycles. The highest BCUT2D eigenvalue weighted by molar-refractivity contribution is 6.12. The van der Waals surface area contributed by atoms with Crippen LogP contribution >= 0.6 is 0 Å². The Kier molecular flexibility index (Phi) is 9.24. The molecular formula is C55H32N6. The van der Waals surface area contributed by atoms with E-state index >= 15 is 0 Å². The van der Waals surface area contributed by atoms with E-state index in [1.165, 1.54) is 0 Å². The molecule has 0 saturated carbocycles. The van der Waals surface area contributed by atoms with Gasteiger partial charge >= 0.3 is 0 Å². The van der Waals surface area contributed by atoms with Crippen LogP contribution in [0.1, 0.15) is 16.7 Å². The highest BCUT2D eigenvalue weighted by Gasteiger charge is 2.23. The fraction of sp³-hybridized carbons (Fsp3) is 0. The SMILES string of the molecule is N#Cc1ccc(-c2cc(-c3cc(-c4ccccc4)nc(-c4ccccc4)n3)cc(-c3ccc(C#N)cc3)c2-n2c3ccccc3c3cc(-c4cccc(C#N)c4)ccc32)cc1. The van der Waals surface area contributed by atoms with Gasteiger partial charge in [-0.3, -0.25) is 0 Å². The van der Waals surface area contributed by atoms with Crippen LogP contribution in [0.2, 0.25) is 0 Å². The summed E-state index contributed by atoms with van der Waals surface area (Å²) in [5.41, 5.74) is 14.6. The Balaban J connectivity index is 1.31. The summed E-state index contributed by atoms with van der Waals surface area (Å²) in [6, 6.07) is 71.4. The molecule has 8 aromatic carbocycles. The Morgan fingerprint density at radius 3 is 1.48 bits per heavy atom. The van der Waals surface area contributed by atoms with Crippen molar-refractivity contribution >= 4 is 21.8 Å². The van der Waals surface area contributed by atoms with Crippen LogP contribution in [0, 0.1) is 34.0 Å². The number of hydrogen-bond donors (Lipinski definition) is 0. The maximum absolute atomic E-state index is 9.84. The van der Waals surface area contributed by atoms with Gasteiger partial charge in [0.1, 0.15) is 0 Å². The number of aromatic nitrogens is 3. The molecule has 10 rings (SSSR count). The summed E-state index contributed by atoms with van der Waals surface area (Å²) in [6.07, 6.45) is 0.